The largest absolute Gasteiger partial charge is 0.462 e. The van der Waals surface area contributed by atoms with Crippen LogP contribution in [-0.4, -0.2) is 24.5 Å². The Hall–Kier alpha value is -0.650. The molecule has 0 bridgehead atoms. The maximum atomic E-state index is 12.1. The molecule has 0 aliphatic rings. The molecule has 0 fully saturated rings. The van der Waals surface area contributed by atoms with Crippen LogP contribution in [0.4, 0.5) is 22.0 Å². The first kappa shape index (κ1) is 10.3. The zero-order chi connectivity index (χ0) is 9.23. The Balaban J connectivity index is 4.25. The second-order valence-electron chi connectivity index (χ2n) is 1.86. The van der Waals surface area contributed by atoms with Crippen LogP contribution >= 0.6 is 0 Å². The van der Waals surface area contributed by atoms with Crippen LogP contribution in [-0.2, 0) is 0 Å². The normalized spacial score (nSPS) is 15.2. The fourth-order valence-corrected chi connectivity index (χ4v) is 0.339. The highest BCUT2D eigenvalue weighted by molar-refractivity contribution is 4.89. The Morgan fingerprint density at radius 3 is 1.91 bits per heavy atom. The minimum Gasteiger partial charge on any atom is -0.222 e. The van der Waals surface area contributed by atoms with Crippen molar-refractivity contribution in [2.45, 2.75) is 12.6 Å². The van der Waals surface area contributed by atoms with Gasteiger partial charge >= 0.3 is 6.30 Å². The van der Waals surface area contributed by atoms with Crippen molar-refractivity contribution in [3.63, 3.8) is 0 Å². The van der Waals surface area contributed by atoms with Crippen LogP contribution in [0.1, 0.15) is 0 Å². The van der Waals surface area contributed by atoms with Crippen LogP contribution in [0, 0.1) is 0 Å². The highest BCUT2D eigenvalue weighted by Gasteiger charge is 2.40. The molecule has 0 aliphatic carbocycles. The maximum Gasteiger partial charge on any atom is 0.462 e. The highest BCUT2D eigenvalue weighted by atomic mass is 19.4. The summed E-state index contributed by atoms with van der Waals surface area (Å²) in [6, 6.07) is 0. The summed E-state index contributed by atoms with van der Waals surface area (Å²) in [5.41, 5.74) is 0. The zero-order valence-electron chi connectivity index (χ0n) is 5.62. The van der Waals surface area contributed by atoms with E-state index in [-0.39, 0.29) is 0 Å². The lowest BCUT2D eigenvalue weighted by atomic mass is 10.5. The lowest BCUT2D eigenvalue weighted by Crippen LogP contribution is -2.40. The van der Waals surface area contributed by atoms with E-state index < -0.39 is 23.3 Å². The molecular weight excluding hydrogens is 169 g/mol. The molecule has 0 heterocycles. The van der Waals surface area contributed by atoms with E-state index >= 15 is 0 Å². The minimum absolute atomic E-state index is 0.398. The number of alkyl halides is 4. The number of nitrogens with zero attached hydrogens (tertiary/aromatic N) is 1. The highest BCUT2D eigenvalue weighted by Crippen LogP contribution is 2.25. The minimum atomic E-state index is -4.88. The van der Waals surface area contributed by atoms with E-state index in [2.05, 4.69) is 6.58 Å². The average Bonchev–Trinajstić information content (AvgIpc) is 1.82. The van der Waals surface area contributed by atoms with Crippen LogP contribution in [0.3, 0.4) is 0 Å². The Labute approximate surface area is 60.1 Å². The Morgan fingerprint density at radius 1 is 1.45 bits per heavy atom. The van der Waals surface area contributed by atoms with Gasteiger partial charge in [0, 0.05) is 0 Å². The molecule has 0 saturated carbocycles. The summed E-state index contributed by atoms with van der Waals surface area (Å²) in [7, 11) is 0.398. The number of halogens is 5. The molecule has 0 unspecified atom stereocenters. The molecule has 1 nitrogen and oxygen atoms in total. The van der Waals surface area contributed by atoms with Crippen molar-refractivity contribution in [1.82, 2.24) is 4.90 Å². The van der Waals surface area contributed by atoms with E-state index in [1.165, 1.54) is 0 Å². The third kappa shape index (κ3) is 2.83. The summed E-state index contributed by atoms with van der Waals surface area (Å²) < 4.78 is 58.5. The lowest BCUT2D eigenvalue weighted by molar-refractivity contribution is -0.260. The fourth-order valence-electron chi connectivity index (χ4n) is 0.339. The second kappa shape index (κ2) is 3.17. The van der Waals surface area contributed by atoms with Crippen molar-refractivity contribution in [2.24, 2.45) is 0 Å². The predicted octanol–water partition coefficient (Wildman–Crippen LogP) is 2.22. The fraction of sp³-hybridized carbons (Fsp3) is 0.600. The molecule has 1 atom stereocenters. The predicted molar refractivity (Wildman–Crippen MR) is 29.0 cm³/mol. The first-order valence-corrected chi connectivity index (χ1v) is 2.55. The van der Waals surface area contributed by atoms with Gasteiger partial charge < -0.3 is 0 Å². The molecule has 0 saturated heterocycles. The Bertz CT molecular complexity index is 151. The van der Waals surface area contributed by atoms with Gasteiger partial charge in [-0.1, -0.05) is 6.58 Å². The third-order valence-corrected chi connectivity index (χ3v) is 0.998. The van der Waals surface area contributed by atoms with Gasteiger partial charge in [-0.05, 0) is 7.05 Å². The molecule has 0 aromatic rings. The van der Waals surface area contributed by atoms with Gasteiger partial charge in [0.25, 0.3) is 0 Å². The molecule has 0 radical (unpaired) electrons. The molecule has 0 aromatic carbocycles. The summed E-state index contributed by atoms with van der Waals surface area (Å²) in [6.45, 7) is 2.41. The van der Waals surface area contributed by atoms with Gasteiger partial charge in [0.15, 0.2) is 0 Å². The summed E-state index contributed by atoms with van der Waals surface area (Å²) in [5, 5.41) is 0. The summed E-state index contributed by atoms with van der Waals surface area (Å²) in [5.74, 6) is -1.66. The van der Waals surface area contributed by atoms with Crippen LogP contribution in [0.2, 0.25) is 0 Å². The smallest absolute Gasteiger partial charge is 0.222 e. The molecule has 0 aromatic heterocycles. The van der Waals surface area contributed by atoms with Gasteiger partial charge in [-0.2, -0.15) is 18.1 Å². The van der Waals surface area contributed by atoms with Crippen molar-refractivity contribution in [1.29, 1.82) is 0 Å². The average molecular weight is 175 g/mol. The monoisotopic (exact) mass is 175 g/mol. The molecule has 0 amide bonds. The number of hydrogen-bond acceptors (Lipinski definition) is 1. The molecule has 0 rings (SSSR count). The van der Waals surface area contributed by atoms with E-state index in [9.17, 15) is 22.0 Å². The third-order valence-electron chi connectivity index (χ3n) is 0.998. The van der Waals surface area contributed by atoms with Gasteiger partial charge in [-0.25, -0.2) is 8.78 Å². The van der Waals surface area contributed by atoms with Gasteiger partial charge in [-0.15, -0.1) is 0 Å². The van der Waals surface area contributed by atoms with Crippen molar-refractivity contribution in [3.05, 3.63) is 12.4 Å². The second-order valence-corrected chi connectivity index (χ2v) is 1.86. The quantitative estimate of drug-likeness (QED) is 0.459. The molecule has 0 aliphatic heterocycles. The number of hydrogen-bond donors (Lipinski definition) is 0. The van der Waals surface area contributed by atoms with Gasteiger partial charge in [0.2, 0.25) is 6.30 Å². The molecule has 11 heavy (non-hydrogen) atoms. The van der Waals surface area contributed by atoms with E-state index in [4.69, 9.17) is 0 Å². The van der Waals surface area contributed by atoms with Gasteiger partial charge in [0.05, 0.1) is 0 Å². The number of likely N-dealkylation sites (N-methyl/N-ethyl adjacent to an activating group) is 1. The van der Waals surface area contributed by atoms with E-state index in [1.54, 1.807) is 0 Å². The van der Waals surface area contributed by atoms with E-state index in [1.807, 2.05) is 0 Å². The molecular formula is C5H6F5N. The molecule has 6 heteroatoms. The summed E-state index contributed by atoms with van der Waals surface area (Å²) in [6.07, 6.45) is -7.70. The summed E-state index contributed by atoms with van der Waals surface area (Å²) in [4.78, 5) is -0.713. The number of rotatable bonds is 2. The summed E-state index contributed by atoms with van der Waals surface area (Å²) >= 11 is 0. The first-order chi connectivity index (χ1) is 4.76. The SMILES string of the molecule is C=C(F)[C@H](F)N(C)C(F)(F)F. The van der Waals surface area contributed by atoms with Crippen molar-refractivity contribution < 1.29 is 22.0 Å². The lowest BCUT2D eigenvalue weighted by Gasteiger charge is -2.21. The van der Waals surface area contributed by atoms with Crippen molar-refractivity contribution in [3.8, 4) is 0 Å². The molecule has 66 valence electrons. The Morgan fingerprint density at radius 2 is 1.82 bits per heavy atom. The standard InChI is InChI=1S/C5H6F5N/c1-3(6)4(7)11(2)5(8,9)10/h4H,1H2,2H3/t4-/m1/s1. The molecule has 0 spiro atoms. The zero-order valence-corrected chi connectivity index (χ0v) is 5.62. The van der Waals surface area contributed by atoms with Gasteiger partial charge in [-0.3, -0.25) is 0 Å². The van der Waals surface area contributed by atoms with E-state index in [0.29, 0.717) is 7.05 Å². The van der Waals surface area contributed by atoms with Gasteiger partial charge in [0.1, 0.15) is 5.83 Å². The van der Waals surface area contributed by atoms with Crippen LogP contribution in [0.5, 0.6) is 0 Å². The topological polar surface area (TPSA) is 3.24 Å². The van der Waals surface area contributed by atoms with Crippen molar-refractivity contribution >= 4 is 0 Å². The van der Waals surface area contributed by atoms with Crippen LogP contribution < -0.4 is 0 Å². The molecule has 0 N–H and O–H groups in total. The van der Waals surface area contributed by atoms with Crippen LogP contribution in [0.15, 0.2) is 12.4 Å². The van der Waals surface area contributed by atoms with E-state index in [0.717, 1.165) is 0 Å². The van der Waals surface area contributed by atoms with Crippen LogP contribution in [0.25, 0.3) is 0 Å². The maximum absolute atomic E-state index is 12.1. The first-order valence-electron chi connectivity index (χ1n) is 2.55. The Kier molecular flexibility index (Phi) is 2.98. The van der Waals surface area contributed by atoms with Crippen molar-refractivity contribution in [2.75, 3.05) is 7.05 Å².